The van der Waals surface area contributed by atoms with E-state index < -0.39 is 5.54 Å². The average molecular weight is 328 g/mol. The highest BCUT2D eigenvalue weighted by Gasteiger charge is 2.30. The summed E-state index contributed by atoms with van der Waals surface area (Å²) >= 11 is 0. The van der Waals surface area contributed by atoms with Crippen LogP contribution >= 0.6 is 24.8 Å². The highest BCUT2D eigenvalue weighted by atomic mass is 35.5. The molecule has 0 aliphatic carbocycles. The lowest BCUT2D eigenvalue weighted by Gasteiger charge is -2.38. The van der Waals surface area contributed by atoms with Gasteiger partial charge in [-0.1, -0.05) is 20.8 Å². The van der Waals surface area contributed by atoms with E-state index in [0.717, 1.165) is 32.7 Å². The summed E-state index contributed by atoms with van der Waals surface area (Å²) in [6, 6.07) is 0. The molecule has 0 saturated carbocycles. The normalized spacial score (nSPS) is 17.2. The Labute approximate surface area is 136 Å². The van der Waals surface area contributed by atoms with Gasteiger partial charge in [-0.15, -0.1) is 24.8 Å². The summed E-state index contributed by atoms with van der Waals surface area (Å²) in [6.45, 7) is 15.0. The number of amides is 1. The monoisotopic (exact) mass is 327 g/mol. The third-order valence-electron chi connectivity index (χ3n) is 3.39. The van der Waals surface area contributed by atoms with Crippen molar-refractivity contribution >= 4 is 30.7 Å². The van der Waals surface area contributed by atoms with Gasteiger partial charge in [0, 0.05) is 26.2 Å². The molecule has 1 amide bonds. The Morgan fingerprint density at radius 2 is 1.45 bits per heavy atom. The summed E-state index contributed by atoms with van der Waals surface area (Å²) in [4.78, 5) is 16.4. The predicted octanol–water partition coefficient (Wildman–Crippen LogP) is 2.15. The molecular formula is C14H31Cl2N3O. The Balaban J connectivity index is 0. The number of rotatable bonds is 3. The second kappa shape index (κ2) is 8.42. The molecule has 0 radical (unpaired) electrons. The highest BCUT2D eigenvalue weighted by Crippen LogP contribution is 2.19. The van der Waals surface area contributed by atoms with Crippen LogP contribution in [0.4, 0.5) is 0 Å². The molecule has 0 unspecified atom stereocenters. The van der Waals surface area contributed by atoms with Crippen molar-refractivity contribution in [1.82, 2.24) is 9.80 Å². The molecule has 1 aliphatic heterocycles. The second-order valence-electron chi connectivity index (χ2n) is 7.17. The lowest BCUT2D eigenvalue weighted by molar-refractivity contribution is -0.137. The van der Waals surface area contributed by atoms with Crippen molar-refractivity contribution in [3.05, 3.63) is 0 Å². The van der Waals surface area contributed by atoms with E-state index in [1.807, 2.05) is 4.90 Å². The molecule has 1 saturated heterocycles. The molecule has 0 atom stereocenters. The fraction of sp³-hybridized carbons (Fsp3) is 0.929. The Morgan fingerprint density at radius 1 is 1.00 bits per heavy atom. The van der Waals surface area contributed by atoms with Crippen LogP contribution in [0.1, 0.15) is 41.0 Å². The number of halogens is 2. The topological polar surface area (TPSA) is 49.6 Å². The van der Waals surface area contributed by atoms with Gasteiger partial charge in [-0.3, -0.25) is 9.69 Å². The lowest BCUT2D eigenvalue weighted by Crippen LogP contribution is -2.57. The van der Waals surface area contributed by atoms with E-state index in [9.17, 15) is 4.79 Å². The Hall–Kier alpha value is -0.0300. The summed E-state index contributed by atoms with van der Waals surface area (Å²) < 4.78 is 0. The van der Waals surface area contributed by atoms with Crippen LogP contribution in [0, 0.1) is 5.41 Å². The van der Waals surface area contributed by atoms with Crippen molar-refractivity contribution in [1.29, 1.82) is 0 Å². The molecule has 4 nitrogen and oxygen atoms in total. The summed E-state index contributed by atoms with van der Waals surface area (Å²) in [5, 5.41) is 0. The van der Waals surface area contributed by atoms with Crippen molar-refractivity contribution in [3.63, 3.8) is 0 Å². The van der Waals surface area contributed by atoms with E-state index in [1.165, 1.54) is 6.42 Å². The van der Waals surface area contributed by atoms with Gasteiger partial charge in [0.05, 0.1) is 5.54 Å². The molecule has 0 aromatic heterocycles. The van der Waals surface area contributed by atoms with E-state index in [4.69, 9.17) is 5.73 Å². The summed E-state index contributed by atoms with van der Waals surface area (Å²) in [6.07, 6.45) is 1.20. The van der Waals surface area contributed by atoms with Crippen LogP contribution in [0.5, 0.6) is 0 Å². The first-order chi connectivity index (χ1) is 8.09. The van der Waals surface area contributed by atoms with E-state index in [0.29, 0.717) is 5.41 Å². The molecule has 0 spiro atoms. The minimum atomic E-state index is -0.742. The maximum Gasteiger partial charge on any atom is 0.242 e. The van der Waals surface area contributed by atoms with Crippen LogP contribution in [0.15, 0.2) is 0 Å². The maximum atomic E-state index is 12.0. The van der Waals surface area contributed by atoms with Crippen LogP contribution in [0.25, 0.3) is 0 Å². The predicted molar refractivity (Wildman–Crippen MR) is 89.9 cm³/mol. The van der Waals surface area contributed by atoms with Crippen molar-refractivity contribution in [2.75, 3.05) is 32.7 Å². The Kier molecular flexibility index (Phi) is 9.37. The molecule has 1 heterocycles. The first-order valence-electron chi connectivity index (χ1n) is 6.90. The van der Waals surface area contributed by atoms with Gasteiger partial charge in [0.1, 0.15) is 0 Å². The number of carbonyl (C=O) groups is 1. The molecule has 0 aromatic carbocycles. The van der Waals surface area contributed by atoms with Crippen molar-refractivity contribution < 1.29 is 4.79 Å². The Morgan fingerprint density at radius 3 is 1.80 bits per heavy atom. The number of hydrogen-bond donors (Lipinski definition) is 1. The molecule has 1 fully saturated rings. The molecule has 2 N–H and O–H groups in total. The average Bonchev–Trinajstić information content (AvgIpc) is 2.24. The first kappa shape index (κ1) is 22.3. The van der Waals surface area contributed by atoms with Gasteiger partial charge in [0.15, 0.2) is 0 Å². The van der Waals surface area contributed by atoms with Crippen LogP contribution in [0.3, 0.4) is 0 Å². The van der Waals surface area contributed by atoms with E-state index in [1.54, 1.807) is 13.8 Å². The van der Waals surface area contributed by atoms with Crippen LogP contribution in [0.2, 0.25) is 0 Å². The van der Waals surface area contributed by atoms with Gasteiger partial charge in [-0.25, -0.2) is 0 Å². The standard InChI is InChI=1S/C14H29N3O.2ClH/c1-13(2,3)6-7-16-8-10-17(11-9-16)12(18)14(4,5)15;;/h6-11,15H2,1-5H3;2*1H. The van der Waals surface area contributed by atoms with E-state index in [-0.39, 0.29) is 30.7 Å². The second-order valence-corrected chi connectivity index (χ2v) is 7.17. The third kappa shape index (κ3) is 7.67. The third-order valence-corrected chi connectivity index (χ3v) is 3.39. The molecule has 122 valence electrons. The minimum Gasteiger partial charge on any atom is -0.339 e. The zero-order valence-electron chi connectivity index (χ0n) is 13.4. The summed E-state index contributed by atoms with van der Waals surface area (Å²) in [7, 11) is 0. The molecule has 1 aliphatic rings. The lowest BCUT2D eigenvalue weighted by atomic mass is 9.92. The number of nitrogens with two attached hydrogens (primary N) is 1. The van der Waals surface area contributed by atoms with Gasteiger partial charge in [0.25, 0.3) is 0 Å². The smallest absolute Gasteiger partial charge is 0.242 e. The number of carbonyl (C=O) groups excluding carboxylic acids is 1. The van der Waals surface area contributed by atoms with Gasteiger partial charge < -0.3 is 10.6 Å². The first-order valence-corrected chi connectivity index (χ1v) is 6.90. The Bertz CT molecular complexity index is 290. The fourth-order valence-electron chi connectivity index (χ4n) is 2.08. The number of nitrogens with zero attached hydrogens (tertiary/aromatic N) is 2. The van der Waals surface area contributed by atoms with Crippen molar-refractivity contribution in [2.24, 2.45) is 11.1 Å². The van der Waals surface area contributed by atoms with E-state index >= 15 is 0 Å². The minimum absolute atomic E-state index is 0. The summed E-state index contributed by atoms with van der Waals surface area (Å²) in [5.41, 5.74) is 5.49. The molecule has 1 rings (SSSR count). The van der Waals surface area contributed by atoms with Crippen molar-refractivity contribution in [3.8, 4) is 0 Å². The van der Waals surface area contributed by atoms with Gasteiger partial charge in [0.2, 0.25) is 5.91 Å². The molecule has 0 aromatic rings. The highest BCUT2D eigenvalue weighted by molar-refractivity contribution is 5.86. The van der Waals surface area contributed by atoms with Gasteiger partial charge >= 0.3 is 0 Å². The SMILES string of the molecule is CC(C)(C)CCN1CCN(C(=O)C(C)(C)N)CC1.Cl.Cl. The van der Waals surface area contributed by atoms with Crippen LogP contribution < -0.4 is 5.73 Å². The van der Waals surface area contributed by atoms with Gasteiger partial charge in [-0.05, 0) is 32.2 Å². The number of piperazine rings is 1. The zero-order valence-corrected chi connectivity index (χ0v) is 15.1. The molecular weight excluding hydrogens is 297 g/mol. The quantitative estimate of drug-likeness (QED) is 0.864. The van der Waals surface area contributed by atoms with Gasteiger partial charge in [-0.2, -0.15) is 0 Å². The molecule has 20 heavy (non-hydrogen) atoms. The maximum absolute atomic E-state index is 12.0. The number of hydrogen-bond acceptors (Lipinski definition) is 3. The fourth-order valence-corrected chi connectivity index (χ4v) is 2.08. The van der Waals surface area contributed by atoms with Crippen LogP contribution in [-0.2, 0) is 4.79 Å². The summed E-state index contributed by atoms with van der Waals surface area (Å²) in [5.74, 6) is 0.0676. The van der Waals surface area contributed by atoms with E-state index in [2.05, 4.69) is 25.7 Å². The molecule has 0 bridgehead atoms. The van der Waals surface area contributed by atoms with Crippen LogP contribution in [-0.4, -0.2) is 54.0 Å². The zero-order chi connectivity index (χ0) is 14.0. The largest absolute Gasteiger partial charge is 0.339 e. The molecule has 6 heteroatoms. The van der Waals surface area contributed by atoms with Crippen molar-refractivity contribution in [2.45, 2.75) is 46.6 Å².